The zero-order valence-corrected chi connectivity index (χ0v) is 10.1. The van der Waals surface area contributed by atoms with Crippen LogP contribution in [0.4, 0.5) is 0 Å². The summed E-state index contributed by atoms with van der Waals surface area (Å²) in [6.45, 7) is 2.19. The number of hydrogen-bond acceptors (Lipinski definition) is 3. The molecule has 1 aromatic rings. The van der Waals surface area contributed by atoms with Gasteiger partial charge in [0.15, 0.2) is 0 Å². The number of carbonyl (C=O) groups is 2. The molecule has 0 fully saturated rings. The third-order valence-corrected chi connectivity index (χ3v) is 2.56. The molecule has 0 unspecified atom stereocenters. The summed E-state index contributed by atoms with van der Waals surface area (Å²) < 4.78 is 0. The van der Waals surface area contributed by atoms with E-state index in [1.54, 1.807) is 0 Å². The SMILES string of the molecule is O=C(O)CCC(=O)O.c1ccc2c(c1)CCNC2. The fourth-order valence-electron chi connectivity index (χ4n) is 1.63. The van der Waals surface area contributed by atoms with Crippen LogP contribution in [-0.4, -0.2) is 28.7 Å². The van der Waals surface area contributed by atoms with E-state index in [4.69, 9.17) is 10.2 Å². The molecule has 0 saturated heterocycles. The first-order valence-electron chi connectivity index (χ1n) is 5.80. The van der Waals surface area contributed by atoms with Gasteiger partial charge in [0.1, 0.15) is 0 Å². The van der Waals surface area contributed by atoms with Gasteiger partial charge < -0.3 is 15.5 Å². The summed E-state index contributed by atoms with van der Waals surface area (Å²) in [6.07, 6.45) is 0.598. The highest BCUT2D eigenvalue weighted by Gasteiger charge is 2.05. The second-order valence-corrected chi connectivity index (χ2v) is 3.98. The normalized spacial score (nSPS) is 12.9. The van der Waals surface area contributed by atoms with Crippen molar-refractivity contribution in [3.05, 3.63) is 35.4 Å². The summed E-state index contributed by atoms with van der Waals surface area (Å²) in [7, 11) is 0. The quantitative estimate of drug-likeness (QED) is 0.753. The maximum absolute atomic E-state index is 9.64. The summed E-state index contributed by atoms with van der Waals surface area (Å²) in [5.41, 5.74) is 2.98. The van der Waals surface area contributed by atoms with Crippen LogP contribution in [-0.2, 0) is 22.6 Å². The van der Waals surface area contributed by atoms with Crippen LogP contribution in [0.5, 0.6) is 0 Å². The number of aliphatic carboxylic acids is 2. The molecule has 0 saturated carbocycles. The molecule has 0 aliphatic carbocycles. The lowest BCUT2D eigenvalue weighted by atomic mass is 10.0. The average molecular weight is 251 g/mol. The molecule has 5 nitrogen and oxygen atoms in total. The van der Waals surface area contributed by atoms with Crippen molar-refractivity contribution in [2.45, 2.75) is 25.8 Å². The van der Waals surface area contributed by atoms with E-state index in [2.05, 4.69) is 29.6 Å². The van der Waals surface area contributed by atoms with Crippen LogP contribution in [0.25, 0.3) is 0 Å². The van der Waals surface area contributed by atoms with Gasteiger partial charge in [-0.25, -0.2) is 0 Å². The van der Waals surface area contributed by atoms with Gasteiger partial charge in [0.05, 0.1) is 12.8 Å². The Morgan fingerprint density at radius 1 is 1.06 bits per heavy atom. The molecule has 0 radical (unpaired) electrons. The Labute approximate surface area is 105 Å². The molecule has 98 valence electrons. The van der Waals surface area contributed by atoms with Crippen LogP contribution >= 0.6 is 0 Å². The molecule has 0 amide bonds. The Bertz CT molecular complexity index is 378. The third kappa shape index (κ3) is 5.45. The molecular weight excluding hydrogens is 234 g/mol. The monoisotopic (exact) mass is 251 g/mol. The first kappa shape index (κ1) is 14.2. The second kappa shape index (κ2) is 7.45. The first-order chi connectivity index (χ1) is 8.59. The lowest BCUT2D eigenvalue weighted by molar-refractivity contribution is -0.143. The summed E-state index contributed by atoms with van der Waals surface area (Å²) in [5.74, 6) is -2.15. The van der Waals surface area contributed by atoms with Gasteiger partial charge in [-0.3, -0.25) is 9.59 Å². The molecule has 1 aromatic carbocycles. The van der Waals surface area contributed by atoms with E-state index >= 15 is 0 Å². The van der Waals surface area contributed by atoms with Crippen LogP contribution in [0.1, 0.15) is 24.0 Å². The molecular formula is C13H17NO4. The molecule has 3 N–H and O–H groups in total. The minimum Gasteiger partial charge on any atom is -0.481 e. The minimum atomic E-state index is -1.08. The predicted molar refractivity (Wildman–Crippen MR) is 66.4 cm³/mol. The summed E-state index contributed by atoms with van der Waals surface area (Å²) in [4.78, 5) is 19.3. The predicted octanol–water partition coefficient (Wildman–Crippen LogP) is 1.27. The van der Waals surface area contributed by atoms with Crippen molar-refractivity contribution in [2.75, 3.05) is 6.54 Å². The zero-order chi connectivity index (χ0) is 13.4. The highest BCUT2D eigenvalue weighted by molar-refractivity contribution is 5.75. The maximum Gasteiger partial charge on any atom is 0.303 e. The standard InChI is InChI=1S/C9H11N.C4H6O4/c1-2-4-9-7-10-6-5-8(9)3-1;5-3(6)1-2-4(7)8/h1-4,10H,5-7H2;1-2H2,(H,5,6)(H,7,8). The van der Waals surface area contributed by atoms with Gasteiger partial charge in [-0.1, -0.05) is 24.3 Å². The highest BCUT2D eigenvalue weighted by atomic mass is 16.4. The number of fused-ring (bicyclic) bond motifs is 1. The highest BCUT2D eigenvalue weighted by Crippen LogP contribution is 2.11. The molecule has 1 heterocycles. The maximum atomic E-state index is 9.64. The van der Waals surface area contributed by atoms with E-state index in [-0.39, 0.29) is 12.8 Å². The van der Waals surface area contributed by atoms with Gasteiger partial charge in [-0.2, -0.15) is 0 Å². The van der Waals surface area contributed by atoms with E-state index in [0.717, 1.165) is 13.1 Å². The minimum absolute atomic E-state index is 0.296. The molecule has 0 aromatic heterocycles. The van der Waals surface area contributed by atoms with Crippen LogP contribution in [0.15, 0.2) is 24.3 Å². The molecule has 1 aliphatic heterocycles. The zero-order valence-electron chi connectivity index (χ0n) is 10.1. The van der Waals surface area contributed by atoms with Crippen molar-refractivity contribution in [3.63, 3.8) is 0 Å². The van der Waals surface area contributed by atoms with E-state index in [1.807, 2.05) is 0 Å². The summed E-state index contributed by atoms with van der Waals surface area (Å²) >= 11 is 0. The molecule has 0 spiro atoms. The molecule has 2 rings (SSSR count). The lowest BCUT2D eigenvalue weighted by Gasteiger charge is -2.15. The number of benzene rings is 1. The van der Waals surface area contributed by atoms with E-state index in [0.29, 0.717) is 0 Å². The average Bonchev–Trinajstić information content (AvgIpc) is 2.37. The Hall–Kier alpha value is -1.88. The van der Waals surface area contributed by atoms with Crippen molar-refractivity contribution in [2.24, 2.45) is 0 Å². The van der Waals surface area contributed by atoms with Crippen molar-refractivity contribution in [1.29, 1.82) is 0 Å². The van der Waals surface area contributed by atoms with E-state index in [9.17, 15) is 9.59 Å². The fraction of sp³-hybridized carbons (Fsp3) is 0.385. The van der Waals surface area contributed by atoms with Crippen molar-refractivity contribution in [1.82, 2.24) is 5.32 Å². The van der Waals surface area contributed by atoms with Crippen LogP contribution < -0.4 is 5.32 Å². The fourth-order valence-corrected chi connectivity index (χ4v) is 1.63. The summed E-state index contributed by atoms with van der Waals surface area (Å²) in [6, 6.07) is 8.63. The lowest BCUT2D eigenvalue weighted by Crippen LogP contribution is -2.23. The number of rotatable bonds is 3. The van der Waals surface area contributed by atoms with E-state index < -0.39 is 11.9 Å². The number of nitrogens with one attached hydrogen (secondary N) is 1. The number of hydrogen-bond donors (Lipinski definition) is 3. The molecule has 0 atom stereocenters. The van der Waals surface area contributed by atoms with Gasteiger partial charge >= 0.3 is 11.9 Å². The first-order valence-corrected chi connectivity index (χ1v) is 5.80. The molecule has 0 bridgehead atoms. The van der Waals surface area contributed by atoms with Crippen LogP contribution in [0.3, 0.4) is 0 Å². The number of carboxylic acid groups (broad SMARTS) is 2. The van der Waals surface area contributed by atoms with Gasteiger partial charge in [0, 0.05) is 6.54 Å². The van der Waals surface area contributed by atoms with Crippen LogP contribution in [0.2, 0.25) is 0 Å². The van der Waals surface area contributed by atoms with Crippen molar-refractivity contribution in [3.8, 4) is 0 Å². The Morgan fingerprint density at radius 3 is 2.11 bits per heavy atom. The Kier molecular flexibility index (Phi) is 5.87. The summed E-state index contributed by atoms with van der Waals surface area (Å²) in [5, 5.41) is 19.1. The Balaban J connectivity index is 0.000000187. The second-order valence-electron chi connectivity index (χ2n) is 3.98. The van der Waals surface area contributed by atoms with Gasteiger partial charge in [0.2, 0.25) is 0 Å². The Morgan fingerprint density at radius 2 is 1.61 bits per heavy atom. The van der Waals surface area contributed by atoms with Gasteiger partial charge in [0.25, 0.3) is 0 Å². The van der Waals surface area contributed by atoms with E-state index in [1.165, 1.54) is 17.5 Å². The third-order valence-electron chi connectivity index (χ3n) is 2.56. The van der Waals surface area contributed by atoms with Crippen LogP contribution in [0, 0.1) is 0 Å². The van der Waals surface area contributed by atoms with Gasteiger partial charge in [-0.05, 0) is 24.1 Å². The van der Waals surface area contributed by atoms with Crippen molar-refractivity contribution < 1.29 is 19.8 Å². The molecule has 18 heavy (non-hydrogen) atoms. The largest absolute Gasteiger partial charge is 0.481 e. The topological polar surface area (TPSA) is 86.6 Å². The van der Waals surface area contributed by atoms with Gasteiger partial charge in [-0.15, -0.1) is 0 Å². The molecule has 1 aliphatic rings. The molecule has 5 heteroatoms. The smallest absolute Gasteiger partial charge is 0.303 e. The number of carboxylic acids is 2. The van der Waals surface area contributed by atoms with Crippen molar-refractivity contribution >= 4 is 11.9 Å².